The van der Waals surface area contributed by atoms with Crippen LogP contribution in [0.4, 0.5) is 0 Å². The molecule has 1 N–H and O–H groups in total. The zero-order valence-electron chi connectivity index (χ0n) is 8.25. The smallest absolute Gasteiger partial charge is 0.0698 e. The van der Waals surface area contributed by atoms with E-state index in [-0.39, 0.29) is 11.6 Å². The van der Waals surface area contributed by atoms with Crippen LogP contribution in [0.2, 0.25) is 0 Å². The third-order valence-electron chi connectivity index (χ3n) is 3.31. The summed E-state index contributed by atoms with van der Waals surface area (Å²) in [5.41, 5.74) is 0.237. The third-order valence-corrected chi connectivity index (χ3v) is 3.31. The Bertz CT molecular complexity index is 185. The van der Waals surface area contributed by atoms with Crippen LogP contribution >= 0.6 is 0 Å². The highest BCUT2D eigenvalue weighted by atomic mass is 16.3. The highest BCUT2D eigenvalue weighted by Gasteiger charge is 2.47. The van der Waals surface area contributed by atoms with Crippen LogP contribution in [0.25, 0.3) is 0 Å². The molecule has 2 aliphatic rings. The summed E-state index contributed by atoms with van der Waals surface area (Å²) >= 11 is 0. The van der Waals surface area contributed by atoms with E-state index in [1.54, 1.807) is 0 Å². The Labute approximate surface area is 74.6 Å². The highest BCUT2D eigenvalue weighted by Crippen LogP contribution is 2.41. The summed E-state index contributed by atoms with van der Waals surface area (Å²) in [6, 6.07) is 0.454. The molecule has 12 heavy (non-hydrogen) atoms. The molecule has 1 heterocycles. The first-order valence-electron chi connectivity index (χ1n) is 4.93. The molecular weight excluding hydrogens is 150 g/mol. The van der Waals surface area contributed by atoms with Crippen molar-refractivity contribution >= 4 is 0 Å². The second-order valence-corrected chi connectivity index (χ2v) is 5.30. The molecule has 0 unspecified atom stereocenters. The number of aliphatic hydroxyl groups excluding tert-OH is 1. The van der Waals surface area contributed by atoms with Gasteiger partial charge in [0.15, 0.2) is 0 Å². The normalized spacial score (nSPS) is 42.5. The van der Waals surface area contributed by atoms with Gasteiger partial charge in [0.2, 0.25) is 0 Å². The molecule has 3 atom stereocenters. The van der Waals surface area contributed by atoms with Gasteiger partial charge in [-0.15, -0.1) is 0 Å². The van der Waals surface area contributed by atoms with Crippen molar-refractivity contribution in [3.8, 4) is 0 Å². The van der Waals surface area contributed by atoms with E-state index in [2.05, 4.69) is 25.7 Å². The molecule has 0 aromatic rings. The van der Waals surface area contributed by atoms with Gasteiger partial charge in [-0.2, -0.15) is 0 Å². The Hall–Kier alpha value is -0.0800. The van der Waals surface area contributed by atoms with Gasteiger partial charge in [0.05, 0.1) is 6.10 Å². The minimum atomic E-state index is -0.0528. The first kappa shape index (κ1) is 8.52. The molecule has 0 aromatic carbocycles. The Morgan fingerprint density at radius 2 is 1.92 bits per heavy atom. The van der Waals surface area contributed by atoms with Crippen molar-refractivity contribution < 1.29 is 5.11 Å². The van der Waals surface area contributed by atoms with Crippen molar-refractivity contribution in [2.45, 2.75) is 51.3 Å². The number of aliphatic hydroxyl groups is 1. The van der Waals surface area contributed by atoms with E-state index in [4.69, 9.17) is 0 Å². The molecule has 0 radical (unpaired) electrons. The first-order chi connectivity index (χ1) is 5.48. The summed E-state index contributed by atoms with van der Waals surface area (Å²) < 4.78 is 0. The van der Waals surface area contributed by atoms with E-state index in [0.717, 1.165) is 12.3 Å². The third kappa shape index (κ3) is 1.17. The number of nitrogens with zero attached hydrogens (tertiary/aromatic N) is 1. The maximum atomic E-state index is 9.71. The van der Waals surface area contributed by atoms with Crippen LogP contribution < -0.4 is 0 Å². The van der Waals surface area contributed by atoms with Crippen LogP contribution in [0, 0.1) is 5.92 Å². The Morgan fingerprint density at radius 1 is 1.25 bits per heavy atom. The highest BCUT2D eigenvalue weighted by molar-refractivity contribution is 5.01. The van der Waals surface area contributed by atoms with Crippen molar-refractivity contribution in [3.63, 3.8) is 0 Å². The number of fused-ring (bicyclic) bond motifs is 2. The Kier molecular flexibility index (Phi) is 1.74. The van der Waals surface area contributed by atoms with Crippen molar-refractivity contribution in [2.75, 3.05) is 6.54 Å². The van der Waals surface area contributed by atoms with Gasteiger partial charge in [0.1, 0.15) is 0 Å². The van der Waals surface area contributed by atoms with E-state index < -0.39 is 0 Å². The van der Waals surface area contributed by atoms with Gasteiger partial charge >= 0.3 is 0 Å². The number of hydrogen-bond donors (Lipinski definition) is 1. The lowest BCUT2D eigenvalue weighted by atomic mass is 10.00. The summed E-state index contributed by atoms with van der Waals surface area (Å²) in [6.45, 7) is 7.91. The number of hydrogen-bond acceptors (Lipinski definition) is 2. The van der Waals surface area contributed by atoms with E-state index in [0.29, 0.717) is 6.04 Å². The van der Waals surface area contributed by atoms with E-state index in [1.165, 1.54) is 13.0 Å². The fraction of sp³-hybridized carbons (Fsp3) is 1.00. The predicted octanol–water partition coefficient (Wildman–Crippen LogP) is 1.24. The van der Waals surface area contributed by atoms with Crippen molar-refractivity contribution in [1.29, 1.82) is 0 Å². The SMILES string of the molecule is CC(C)(C)N1C[C@H]2C[C@@H]1[C@@H](O)C2. The molecule has 2 rings (SSSR count). The van der Waals surface area contributed by atoms with Gasteiger partial charge in [-0.25, -0.2) is 0 Å². The van der Waals surface area contributed by atoms with Gasteiger partial charge < -0.3 is 5.11 Å². The van der Waals surface area contributed by atoms with Gasteiger partial charge in [0.25, 0.3) is 0 Å². The molecule has 0 aromatic heterocycles. The fourth-order valence-corrected chi connectivity index (χ4v) is 2.76. The lowest BCUT2D eigenvalue weighted by molar-refractivity contribution is 0.00819. The minimum absolute atomic E-state index is 0.0528. The summed E-state index contributed by atoms with van der Waals surface area (Å²) in [7, 11) is 0. The van der Waals surface area contributed by atoms with Crippen LogP contribution in [-0.2, 0) is 0 Å². The summed E-state index contributed by atoms with van der Waals surface area (Å²) in [5, 5.41) is 9.71. The topological polar surface area (TPSA) is 23.5 Å². The number of piperidine rings is 1. The fourth-order valence-electron chi connectivity index (χ4n) is 2.76. The van der Waals surface area contributed by atoms with Crippen molar-refractivity contribution in [3.05, 3.63) is 0 Å². The molecule has 1 saturated carbocycles. The minimum Gasteiger partial charge on any atom is -0.391 e. The second-order valence-electron chi connectivity index (χ2n) is 5.30. The van der Waals surface area contributed by atoms with Crippen LogP contribution in [0.5, 0.6) is 0 Å². The summed E-state index contributed by atoms with van der Waals surface area (Å²) in [5.74, 6) is 0.768. The molecule has 2 heteroatoms. The quantitative estimate of drug-likeness (QED) is 0.590. The summed E-state index contributed by atoms with van der Waals surface area (Å²) in [6.07, 6.45) is 2.21. The standard InChI is InChI=1S/C10H19NO/c1-10(2,3)11-6-7-4-8(11)9(12)5-7/h7-9,12H,4-6H2,1-3H3/t7-,8+,9-/m0/s1. The molecule has 2 fully saturated rings. The van der Waals surface area contributed by atoms with E-state index >= 15 is 0 Å². The lowest BCUT2D eigenvalue weighted by Gasteiger charge is -2.40. The maximum Gasteiger partial charge on any atom is 0.0698 e. The molecule has 0 amide bonds. The zero-order chi connectivity index (χ0) is 8.93. The molecule has 1 aliphatic carbocycles. The van der Waals surface area contributed by atoms with Gasteiger partial charge in [-0.1, -0.05) is 0 Å². The van der Waals surface area contributed by atoms with E-state index in [9.17, 15) is 5.11 Å². The zero-order valence-corrected chi connectivity index (χ0v) is 8.25. The van der Waals surface area contributed by atoms with Gasteiger partial charge in [-0.3, -0.25) is 4.90 Å². The van der Waals surface area contributed by atoms with Crippen LogP contribution in [0.1, 0.15) is 33.6 Å². The average Bonchev–Trinajstić information content (AvgIpc) is 2.41. The van der Waals surface area contributed by atoms with Crippen LogP contribution in [0.3, 0.4) is 0 Å². The van der Waals surface area contributed by atoms with Crippen LogP contribution in [0.15, 0.2) is 0 Å². The van der Waals surface area contributed by atoms with Crippen molar-refractivity contribution in [1.82, 2.24) is 4.90 Å². The van der Waals surface area contributed by atoms with Crippen LogP contribution in [-0.4, -0.2) is 34.2 Å². The molecule has 70 valence electrons. The van der Waals surface area contributed by atoms with Gasteiger partial charge in [0, 0.05) is 18.1 Å². The monoisotopic (exact) mass is 169 g/mol. The van der Waals surface area contributed by atoms with Gasteiger partial charge in [-0.05, 0) is 39.5 Å². The average molecular weight is 169 g/mol. The molecule has 0 spiro atoms. The molecule has 2 bridgehead atoms. The number of rotatable bonds is 0. The number of likely N-dealkylation sites (tertiary alicyclic amines) is 1. The molecule has 1 aliphatic heterocycles. The first-order valence-corrected chi connectivity index (χ1v) is 4.93. The Morgan fingerprint density at radius 3 is 2.25 bits per heavy atom. The largest absolute Gasteiger partial charge is 0.391 e. The second kappa shape index (κ2) is 2.46. The van der Waals surface area contributed by atoms with Crippen molar-refractivity contribution in [2.24, 2.45) is 5.92 Å². The molecular formula is C10H19NO. The van der Waals surface area contributed by atoms with E-state index in [1.807, 2.05) is 0 Å². The summed E-state index contributed by atoms with van der Waals surface area (Å²) in [4.78, 5) is 2.46. The lowest BCUT2D eigenvalue weighted by Crippen LogP contribution is -2.50. The predicted molar refractivity (Wildman–Crippen MR) is 49.0 cm³/mol. The molecule has 2 nitrogen and oxygen atoms in total. The maximum absolute atomic E-state index is 9.71. The molecule has 1 saturated heterocycles. The Balaban J connectivity index is 2.12.